The molecule has 0 fully saturated rings. The zero-order valence-electron chi connectivity index (χ0n) is 19.1. The lowest BCUT2D eigenvalue weighted by Gasteiger charge is -2.22. The molecule has 0 atom stereocenters. The fourth-order valence-corrected chi connectivity index (χ4v) is 9.35. The third-order valence-corrected chi connectivity index (χ3v) is 10.6. The second-order valence-corrected chi connectivity index (χ2v) is 16.0. The molecular weight excluding hydrogens is 705 g/mol. The van der Waals surface area contributed by atoms with E-state index in [1.54, 1.807) is 0 Å². The molecule has 0 saturated carbocycles. The SMILES string of the molecule is O=S(=O)(O)Oc1c(S(=O)(=O)O)c(S(=O)(=O)O)c2c(S(=O)(=O)O)c(O)c3c(S(=O)(=O)O)cc(S(=O)(=O)O)c4ccc1c2c43. The highest BCUT2D eigenvalue weighted by Crippen LogP contribution is 2.54. The molecule has 0 heterocycles. The summed E-state index contributed by atoms with van der Waals surface area (Å²) in [7, 11) is -36.0. The molecule has 0 aromatic heterocycles. The number of hydrogen-bond acceptors (Lipinski definition) is 14. The Morgan fingerprint density at radius 1 is 0.476 bits per heavy atom. The Morgan fingerprint density at radius 2 is 0.905 bits per heavy atom. The molecule has 0 aliphatic heterocycles. The molecule has 26 heteroatoms. The third-order valence-electron chi connectivity index (χ3n) is 5.56. The van der Waals surface area contributed by atoms with Crippen LogP contribution in [0.1, 0.15) is 0 Å². The van der Waals surface area contributed by atoms with Gasteiger partial charge in [0.1, 0.15) is 25.3 Å². The predicted molar refractivity (Wildman–Crippen MR) is 133 cm³/mol. The Hall–Kier alpha value is -3.02. The minimum atomic E-state index is -6.31. The zero-order valence-corrected chi connectivity index (χ0v) is 24.0. The Balaban J connectivity index is 2.77. The second-order valence-electron chi connectivity index (χ2n) is 8.09. The maximum Gasteiger partial charge on any atom is 0.446 e. The molecule has 0 aliphatic rings. The van der Waals surface area contributed by atoms with Crippen LogP contribution in [0.4, 0.5) is 0 Å². The number of phenols is 1. The Morgan fingerprint density at radius 3 is 1.31 bits per heavy atom. The molecule has 7 N–H and O–H groups in total. The van der Waals surface area contributed by atoms with E-state index in [9.17, 15) is 82.9 Å². The van der Waals surface area contributed by atoms with Crippen LogP contribution in [0.15, 0.2) is 42.7 Å². The van der Waals surface area contributed by atoms with Gasteiger partial charge in [0.2, 0.25) is 0 Å². The summed E-state index contributed by atoms with van der Waals surface area (Å²) in [6.45, 7) is 0. The molecule has 0 bridgehead atoms. The number of phenolic OH excluding ortho intramolecular Hbond substituents is 1. The van der Waals surface area contributed by atoms with E-state index in [0.717, 1.165) is 0 Å². The molecule has 20 nitrogen and oxygen atoms in total. The normalized spacial score (nSPS) is 14.2. The van der Waals surface area contributed by atoms with Crippen LogP contribution in [-0.4, -0.2) is 82.9 Å². The summed E-state index contributed by atoms with van der Waals surface area (Å²) in [5.41, 5.74) is 0. The average Bonchev–Trinajstić information content (AvgIpc) is 2.73. The first-order valence-corrected chi connectivity index (χ1v) is 18.3. The van der Waals surface area contributed by atoms with Crippen molar-refractivity contribution >= 4 is 93.3 Å². The van der Waals surface area contributed by atoms with E-state index in [4.69, 9.17) is 0 Å². The van der Waals surface area contributed by atoms with Crippen molar-refractivity contribution in [3.63, 3.8) is 0 Å². The fourth-order valence-electron chi connectivity index (χ4n) is 4.38. The molecule has 42 heavy (non-hydrogen) atoms. The van der Waals surface area contributed by atoms with Crippen LogP contribution in [0.25, 0.3) is 32.3 Å². The van der Waals surface area contributed by atoms with E-state index >= 15 is 0 Å². The van der Waals surface area contributed by atoms with Gasteiger partial charge in [0, 0.05) is 32.3 Å². The molecule has 4 aromatic carbocycles. The molecule has 4 aromatic rings. The van der Waals surface area contributed by atoms with Crippen molar-refractivity contribution in [1.29, 1.82) is 0 Å². The van der Waals surface area contributed by atoms with Gasteiger partial charge < -0.3 is 9.29 Å². The summed E-state index contributed by atoms with van der Waals surface area (Å²) >= 11 is 0. The topological polar surface area (TPSA) is 356 Å². The number of benzene rings is 4. The molecule has 0 spiro atoms. The van der Waals surface area contributed by atoms with Crippen molar-refractivity contribution in [3.8, 4) is 11.5 Å². The van der Waals surface area contributed by atoms with Gasteiger partial charge in [-0.3, -0.25) is 27.3 Å². The average molecular weight is 715 g/mol. The smallest absolute Gasteiger partial charge is 0.446 e. The quantitative estimate of drug-likeness (QED) is 0.0954. The van der Waals surface area contributed by atoms with Gasteiger partial charge in [0.05, 0.1) is 0 Å². The summed E-state index contributed by atoms with van der Waals surface area (Å²) in [5, 5.41) is 2.85. The second kappa shape index (κ2) is 9.00. The molecule has 0 amide bonds. The van der Waals surface area contributed by atoms with Gasteiger partial charge in [-0.2, -0.15) is 50.5 Å². The monoisotopic (exact) mass is 714 g/mol. The molecule has 4 rings (SSSR count). The lowest BCUT2D eigenvalue weighted by molar-refractivity contribution is 0.381. The van der Waals surface area contributed by atoms with Crippen LogP contribution in [0.3, 0.4) is 0 Å². The lowest BCUT2D eigenvalue weighted by atomic mass is 9.93. The van der Waals surface area contributed by atoms with Crippen LogP contribution >= 0.6 is 0 Å². The van der Waals surface area contributed by atoms with Crippen LogP contribution in [0, 0.1) is 0 Å². The Bertz CT molecular complexity index is 2560. The van der Waals surface area contributed by atoms with E-state index in [0.29, 0.717) is 12.1 Å². The summed E-state index contributed by atoms with van der Waals surface area (Å²) in [5.74, 6) is -3.97. The summed E-state index contributed by atoms with van der Waals surface area (Å²) in [6.07, 6.45) is 0. The largest absolute Gasteiger partial charge is 0.506 e. The van der Waals surface area contributed by atoms with Crippen molar-refractivity contribution in [2.24, 2.45) is 0 Å². The molecule has 230 valence electrons. The summed E-state index contributed by atoms with van der Waals surface area (Å²) < 4.78 is 209. The van der Waals surface area contributed by atoms with E-state index in [1.165, 1.54) is 0 Å². The first-order valence-electron chi connectivity index (χ1n) is 9.70. The van der Waals surface area contributed by atoms with Crippen LogP contribution in [0.5, 0.6) is 11.5 Å². The van der Waals surface area contributed by atoms with E-state index in [2.05, 4.69) is 4.18 Å². The molecule has 0 radical (unpaired) electrons. The summed E-state index contributed by atoms with van der Waals surface area (Å²) in [6, 6.07) is 0.911. The molecule has 0 unspecified atom stereocenters. The molecular formula is C16H10O20S6. The predicted octanol–water partition coefficient (Wildman–Crippen LogP) is -0.295. The number of aromatic hydroxyl groups is 1. The maximum absolute atomic E-state index is 12.5. The van der Waals surface area contributed by atoms with E-state index in [1.807, 2.05) is 0 Å². The minimum Gasteiger partial charge on any atom is -0.506 e. The third kappa shape index (κ3) is 5.09. The lowest BCUT2D eigenvalue weighted by Crippen LogP contribution is -2.17. The van der Waals surface area contributed by atoms with Gasteiger partial charge in [-0.15, -0.1) is 0 Å². The fraction of sp³-hybridized carbons (Fsp3) is 0. The van der Waals surface area contributed by atoms with Crippen molar-refractivity contribution in [2.45, 2.75) is 24.5 Å². The first kappa shape index (κ1) is 31.9. The molecule has 0 aliphatic carbocycles. The standard InChI is InChI=1S/C16H10O20S6/c17-12-10-7(38(21,22)23)3-6(37(18,19)20)4-1-2-5-9(8(4)10)11(14(12)39(24,25)26)15(40(27,28)29)16(41(30,31)32)13(5)36-42(33,34)35/h1-3,17H,(H,18,19,20)(H,21,22,23)(H,24,25,26)(H,27,28,29)(H,30,31,32)(H,33,34,35). The molecule has 0 saturated heterocycles. The highest BCUT2D eigenvalue weighted by molar-refractivity contribution is 7.89. The van der Waals surface area contributed by atoms with Gasteiger partial charge in [0.15, 0.2) is 10.6 Å². The van der Waals surface area contributed by atoms with Crippen molar-refractivity contribution in [3.05, 3.63) is 18.2 Å². The zero-order chi connectivity index (χ0) is 32.3. The summed E-state index contributed by atoms with van der Waals surface area (Å²) in [4.78, 5) is -10.0. The van der Waals surface area contributed by atoms with Gasteiger partial charge in [-0.25, -0.2) is 0 Å². The minimum absolute atomic E-state index is 0.0111. The first-order chi connectivity index (χ1) is 18.6. The van der Waals surface area contributed by atoms with Gasteiger partial charge in [-0.05, 0) is 12.1 Å². The van der Waals surface area contributed by atoms with Gasteiger partial charge >= 0.3 is 10.4 Å². The maximum atomic E-state index is 12.5. The van der Waals surface area contributed by atoms with E-state index < -0.39 is 129 Å². The number of hydrogen-bond donors (Lipinski definition) is 7. The van der Waals surface area contributed by atoms with Crippen LogP contribution in [-0.2, 0) is 61.0 Å². The van der Waals surface area contributed by atoms with Crippen LogP contribution < -0.4 is 4.18 Å². The van der Waals surface area contributed by atoms with Crippen molar-refractivity contribution in [2.75, 3.05) is 0 Å². The van der Waals surface area contributed by atoms with Gasteiger partial charge in [0.25, 0.3) is 50.6 Å². The Labute approximate surface area is 233 Å². The highest BCUT2D eigenvalue weighted by atomic mass is 32.3. The number of rotatable bonds is 7. The van der Waals surface area contributed by atoms with Gasteiger partial charge in [-0.1, -0.05) is 6.07 Å². The van der Waals surface area contributed by atoms with Crippen LogP contribution in [0.2, 0.25) is 0 Å². The van der Waals surface area contributed by atoms with Crippen molar-refractivity contribution < 1.29 is 87.1 Å². The Kier molecular flexibility index (Phi) is 6.83. The van der Waals surface area contributed by atoms with Crippen molar-refractivity contribution in [1.82, 2.24) is 0 Å². The highest BCUT2D eigenvalue weighted by Gasteiger charge is 2.41. The van der Waals surface area contributed by atoms with E-state index in [-0.39, 0.29) is 6.07 Å².